The molecule has 0 aromatic heterocycles. The van der Waals surface area contributed by atoms with Crippen LogP contribution in [0, 0.1) is 0 Å². The Morgan fingerprint density at radius 2 is 2.17 bits per heavy atom. The second kappa shape index (κ2) is 6.87. The van der Waals surface area contributed by atoms with E-state index >= 15 is 0 Å². The van der Waals surface area contributed by atoms with E-state index in [4.69, 9.17) is 11.6 Å². The van der Waals surface area contributed by atoms with E-state index in [0.29, 0.717) is 13.2 Å². The molecule has 0 aromatic carbocycles. The molecule has 0 unspecified atom stereocenters. The maximum Gasteiger partial charge on any atom is 0.321 e. The first-order valence-corrected chi connectivity index (χ1v) is 3.86. The number of halogens is 1. The first kappa shape index (κ1) is 11.2. The predicted octanol–water partition coefficient (Wildman–Crippen LogP) is -0.303. The average molecular weight is 195 g/mol. The van der Waals surface area contributed by atoms with Crippen LogP contribution in [0.15, 0.2) is 0 Å². The summed E-state index contributed by atoms with van der Waals surface area (Å²) in [6.45, 7) is 0.764. The summed E-state index contributed by atoms with van der Waals surface area (Å²) in [5.74, 6) is -0.746. The van der Waals surface area contributed by atoms with Gasteiger partial charge in [-0.25, -0.2) is 4.79 Å². The Morgan fingerprint density at radius 3 is 2.67 bits per heavy atom. The summed E-state index contributed by atoms with van der Waals surface area (Å²) in [6, 6.07) is -0.558. The van der Waals surface area contributed by atoms with Crippen LogP contribution < -0.4 is 10.6 Å². The van der Waals surface area contributed by atoms with Crippen LogP contribution in [0.3, 0.4) is 0 Å². The van der Waals surface area contributed by atoms with Gasteiger partial charge in [-0.05, 0) is 0 Å². The van der Waals surface area contributed by atoms with Gasteiger partial charge in [-0.3, -0.25) is 10.1 Å². The molecule has 12 heavy (non-hydrogen) atoms. The van der Waals surface area contributed by atoms with E-state index in [-0.39, 0.29) is 5.88 Å². The molecule has 0 spiro atoms. The molecule has 0 radical (unpaired) electrons. The number of rotatable bonds is 4. The van der Waals surface area contributed by atoms with Crippen LogP contribution in [0.1, 0.15) is 0 Å². The smallest absolute Gasteiger partial charge is 0.321 e. The van der Waals surface area contributed by atoms with Gasteiger partial charge in [-0.15, -0.1) is 11.6 Å². The highest BCUT2D eigenvalue weighted by Gasteiger charge is 2.03. The number of imide groups is 1. The van der Waals surface area contributed by atoms with Crippen LogP contribution in [-0.2, 0) is 9.53 Å². The first-order chi connectivity index (χ1) is 5.70. The third-order valence-electron chi connectivity index (χ3n) is 0.966. The number of carbonyl (C=O) groups excluding carboxylic acids is 2. The second-order valence-corrected chi connectivity index (χ2v) is 2.20. The Hall–Kier alpha value is -0.810. The first-order valence-electron chi connectivity index (χ1n) is 3.33. The molecular formula is C6H11ClN2O3. The van der Waals surface area contributed by atoms with Gasteiger partial charge in [-0.2, -0.15) is 0 Å². The monoisotopic (exact) mass is 194 g/mol. The lowest BCUT2D eigenvalue weighted by Gasteiger charge is -2.03. The summed E-state index contributed by atoms with van der Waals surface area (Å²) in [7, 11) is 1.52. The minimum absolute atomic E-state index is 0.225. The van der Waals surface area contributed by atoms with Gasteiger partial charge in [0.25, 0.3) is 0 Å². The Morgan fingerprint density at radius 1 is 1.50 bits per heavy atom. The Bertz CT molecular complexity index is 163. The average Bonchev–Trinajstić information content (AvgIpc) is 2.05. The van der Waals surface area contributed by atoms with Crippen molar-refractivity contribution in [3.63, 3.8) is 0 Å². The zero-order valence-electron chi connectivity index (χ0n) is 6.72. The van der Waals surface area contributed by atoms with Gasteiger partial charge >= 0.3 is 6.03 Å². The molecule has 3 amide bonds. The van der Waals surface area contributed by atoms with Gasteiger partial charge in [0, 0.05) is 13.7 Å². The number of urea groups is 1. The van der Waals surface area contributed by atoms with Crippen molar-refractivity contribution in [2.75, 3.05) is 26.1 Å². The van der Waals surface area contributed by atoms with Crippen LogP contribution in [-0.4, -0.2) is 38.1 Å². The molecule has 5 nitrogen and oxygen atoms in total. The third-order valence-corrected chi connectivity index (χ3v) is 1.21. The molecule has 0 saturated carbocycles. The molecule has 0 heterocycles. The zero-order chi connectivity index (χ0) is 9.40. The number of alkyl halides is 1. The van der Waals surface area contributed by atoms with Gasteiger partial charge in [0.1, 0.15) is 5.88 Å². The minimum atomic E-state index is -0.558. The number of carbonyl (C=O) groups is 2. The molecule has 0 aliphatic heterocycles. The molecule has 0 aromatic rings. The van der Waals surface area contributed by atoms with E-state index < -0.39 is 11.9 Å². The largest absolute Gasteiger partial charge is 0.383 e. The van der Waals surface area contributed by atoms with Crippen molar-refractivity contribution in [2.24, 2.45) is 0 Å². The van der Waals surface area contributed by atoms with Crippen molar-refractivity contribution in [3.05, 3.63) is 0 Å². The van der Waals surface area contributed by atoms with Crippen LogP contribution in [0.5, 0.6) is 0 Å². The normalized spacial score (nSPS) is 9.17. The van der Waals surface area contributed by atoms with E-state index in [0.717, 1.165) is 0 Å². The quantitative estimate of drug-likeness (QED) is 0.477. The summed E-state index contributed by atoms with van der Waals surface area (Å²) in [6.07, 6.45) is 0. The van der Waals surface area contributed by atoms with E-state index in [1.807, 2.05) is 5.32 Å². The minimum Gasteiger partial charge on any atom is -0.383 e. The van der Waals surface area contributed by atoms with E-state index in [1.165, 1.54) is 7.11 Å². The van der Waals surface area contributed by atoms with Crippen LogP contribution in [0.25, 0.3) is 0 Å². The highest BCUT2D eigenvalue weighted by Crippen LogP contribution is 1.74. The Kier molecular flexibility index (Phi) is 6.41. The molecular weight excluding hydrogens is 184 g/mol. The van der Waals surface area contributed by atoms with Gasteiger partial charge in [0.2, 0.25) is 5.91 Å². The fraction of sp³-hybridized carbons (Fsp3) is 0.667. The van der Waals surface area contributed by atoms with Crippen molar-refractivity contribution in [2.45, 2.75) is 0 Å². The fourth-order valence-electron chi connectivity index (χ4n) is 0.471. The highest BCUT2D eigenvalue weighted by molar-refractivity contribution is 6.28. The lowest BCUT2D eigenvalue weighted by atomic mass is 10.6. The molecule has 0 bridgehead atoms. The summed E-state index contributed by atoms with van der Waals surface area (Å²) in [4.78, 5) is 21.2. The number of ether oxygens (including phenoxy) is 1. The van der Waals surface area contributed by atoms with Crippen LogP contribution >= 0.6 is 11.6 Å². The van der Waals surface area contributed by atoms with Crippen molar-refractivity contribution in [3.8, 4) is 0 Å². The second-order valence-electron chi connectivity index (χ2n) is 1.93. The van der Waals surface area contributed by atoms with Gasteiger partial charge in [-0.1, -0.05) is 0 Å². The predicted molar refractivity (Wildman–Crippen MR) is 44.1 cm³/mol. The van der Waals surface area contributed by atoms with E-state index in [1.54, 1.807) is 0 Å². The topological polar surface area (TPSA) is 67.4 Å². The van der Waals surface area contributed by atoms with Crippen molar-refractivity contribution >= 4 is 23.5 Å². The lowest BCUT2D eigenvalue weighted by molar-refractivity contribution is -0.117. The summed E-state index contributed by atoms with van der Waals surface area (Å²) in [5.41, 5.74) is 0. The van der Waals surface area contributed by atoms with Gasteiger partial charge in [0.05, 0.1) is 6.61 Å². The van der Waals surface area contributed by atoms with Crippen molar-refractivity contribution in [1.29, 1.82) is 0 Å². The third kappa shape index (κ3) is 5.94. The standard InChI is InChI=1S/C6H11ClN2O3/c1-12-3-2-8-6(11)9-5(10)4-7/h2-4H2,1H3,(H2,8,9,10,11). The van der Waals surface area contributed by atoms with Gasteiger partial charge < -0.3 is 10.1 Å². The Balaban J connectivity index is 3.40. The molecule has 70 valence electrons. The number of methoxy groups -OCH3 is 1. The molecule has 0 fully saturated rings. The van der Waals surface area contributed by atoms with Crippen LogP contribution in [0.4, 0.5) is 4.79 Å². The molecule has 0 atom stereocenters. The Labute approximate surface area is 75.4 Å². The van der Waals surface area contributed by atoms with E-state index in [9.17, 15) is 9.59 Å². The molecule has 0 saturated heterocycles. The zero-order valence-corrected chi connectivity index (χ0v) is 7.48. The van der Waals surface area contributed by atoms with Crippen molar-refractivity contribution in [1.82, 2.24) is 10.6 Å². The number of hydrogen-bond acceptors (Lipinski definition) is 3. The summed E-state index contributed by atoms with van der Waals surface area (Å²) >= 11 is 5.14. The highest BCUT2D eigenvalue weighted by atomic mass is 35.5. The number of amides is 3. The molecule has 0 rings (SSSR count). The van der Waals surface area contributed by atoms with Crippen molar-refractivity contribution < 1.29 is 14.3 Å². The SMILES string of the molecule is COCCNC(=O)NC(=O)CCl. The molecule has 6 heteroatoms. The number of hydrogen-bond donors (Lipinski definition) is 2. The fourth-order valence-corrected chi connectivity index (χ4v) is 0.538. The molecule has 0 aliphatic rings. The number of nitrogens with one attached hydrogen (secondary N) is 2. The van der Waals surface area contributed by atoms with Gasteiger partial charge in [0.15, 0.2) is 0 Å². The van der Waals surface area contributed by atoms with Crippen LogP contribution in [0.2, 0.25) is 0 Å². The molecule has 0 aliphatic carbocycles. The summed E-state index contributed by atoms with van der Waals surface area (Å²) in [5, 5.41) is 4.41. The van der Waals surface area contributed by atoms with E-state index in [2.05, 4.69) is 10.1 Å². The lowest BCUT2D eigenvalue weighted by Crippen LogP contribution is -2.41. The summed E-state index contributed by atoms with van der Waals surface area (Å²) < 4.78 is 4.67. The maximum absolute atomic E-state index is 10.7. The maximum atomic E-state index is 10.7. The molecule has 2 N–H and O–H groups in total.